The maximum atomic E-state index is 6.86. The third-order valence-corrected chi connectivity index (χ3v) is 13.0. The van der Waals surface area contributed by atoms with Crippen LogP contribution in [-0.2, 0) is 0 Å². The second kappa shape index (κ2) is 13.3. The molecule has 0 saturated carbocycles. The molecule has 0 radical (unpaired) electrons. The van der Waals surface area contributed by atoms with Crippen LogP contribution < -0.4 is 0 Å². The highest BCUT2D eigenvalue weighted by Crippen LogP contribution is 2.46. The van der Waals surface area contributed by atoms with E-state index in [2.05, 4.69) is 218 Å². The summed E-state index contributed by atoms with van der Waals surface area (Å²) in [6.07, 6.45) is 0. The Morgan fingerprint density at radius 3 is 1.46 bits per heavy atom. The molecule has 0 unspecified atom stereocenters. The number of hydrogen-bond acceptors (Lipinski definition) is 1. The van der Waals surface area contributed by atoms with E-state index in [-0.39, 0.29) is 0 Å². The zero-order valence-corrected chi connectivity index (χ0v) is 33.2. The molecule has 1 aromatic heterocycles. The molecule has 13 aromatic rings. The number of hydrogen-bond donors (Lipinski definition) is 0. The lowest BCUT2D eigenvalue weighted by Crippen LogP contribution is -1.91. The standard InChI is InChI=1S/C60H36O/c1-2-15-42-36-56-55(35-41(42)14-1)59-49-21-6-5-20-47(49)48-32-31-43(34-54(48)60(59)61-56)40-17-11-18-44(33-40)58-52-24-9-7-22-50(52)57(51-23-8-10-25-53(51)58)39-29-27-38(28-30-39)46-26-12-16-37-13-3-4-19-45(37)46/h1-36H. The van der Waals surface area contributed by atoms with Gasteiger partial charge in [-0.25, -0.2) is 0 Å². The van der Waals surface area contributed by atoms with E-state index in [1.165, 1.54) is 104 Å². The molecular weight excluding hydrogens is 737 g/mol. The Morgan fingerprint density at radius 1 is 0.246 bits per heavy atom. The summed E-state index contributed by atoms with van der Waals surface area (Å²) in [4.78, 5) is 0. The van der Waals surface area contributed by atoms with E-state index in [0.717, 1.165) is 27.5 Å². The number of rotatable bonds is 4. The average molecular weight is 773 g/mol. The fraction of sp³-hybridized carbons (Fsp3) is 0. The molecule has 0 N–H and O–H groups in total. The van der Waals surface area contributed by atoms with Gasteiger partial charge in [0.1, 0.15) is 11.2 Å². The predicted molar refractivity (Wildman–Crippen MR) is 260 cm³/mol. The van der Waals surface area contributed by atoms with Crippen molar-refractivity contribution in [3.8, 4) is 44.5 Å². The Balaban J connectivity index is 0.980. The lowest BCUT2D eigenvalue weighted by Gasteiger charge is -2.18. The van der Waals surface area contributed by atoms with Crippen LogP contribution in [0.3, 0.4) is 0 Å². The van der Waals surface area contributed by atoms with Crippen LogP contribution in [0.5, 0.6) is 0 Å². The lowest BCUT2D eigenvalue weighted by atomic mass is 9.85. The molecule has 0 spiro atoms. The van der Waals surface area contributed by atoms with Crippen LogP contribution in [0.4, 0.5) is 0 Å². The molecule has 0 bridgehead atoms. The molecule has 1 heteroatoms. The van der Waals surface area contributed by atoms with Crippen LogP contribution >= 0.6 is 0 Å². The summed E-state index contributed by atoms with van der Waals surface area (Å²) >= 11 is 0. The summed E-state index contributed by atoms with van der Waals surface area (Å²) < 4.78 is 6.86. The number of fused-ring (bicyclic) bond motifs is 12. The summed E-state index contributed by atoms with van der Waals surface area (Å²) in [5, 5.41) is 17.0. The molecular formula is C60H36O. The largest absolute Gasteiger partial charge is 0.455 e. The highest BCUT2D eigenvalue weighted by molar-refractivity contribution is 6.31. The number of furan rings is 1. The summed E-state index contributed by atoms with van der Waals surface area (Å²) in [6.45, 7) is 0. The first-order chi connectivity index (χ1) is 30.2. The van der Waals surface area contributed by atoms with Gasteiger partial charge in [-0.15, -0.1) is 0 Å². The smallest absolute Gasteiger partial charge is 0.143 e. The van der Waals surface area contributed by atoms with Crippen molar-refractivity contribution in [3.63, 3.8) is 0 Å². The SMILES string of the molecule is c1cc(-c2ccc3c4ccccc4c4c5cc6ccccc6cc5oc4c3c2)cc(-c2c3ccccc3c(-c3ccc(-c4cccc5ccccc45)cc3)c3ccccc23)c1. The Kier molecular flexibility index (Phi) is 7.37. The van der Waals surface area contributed by atoms with Crippen LogP contribution in [0.15, 0.2) is 223 Å². The Labute approximate surface area is 352 Å². The molecule has 1 heterocycles. The van der Waals surface area contributed by atoms with Gasteiger partial charge in [-0.2, -0.15) is 0 Å². The monoisotopic (exact) mass is 772 g/mol. The fourth-order valence-electron chi connectivity index (χ4n) is 10.2. The molecule has 282 valence electrons. The quantitative estimate of drug-likeness (QED) is 0.128. The molecule has 0 saturated heterocycles. The van der Waals surface area contributed by atoms with Gasteiger partial charge in [0.25, 0.3) is 0 Å². The maximum Gasteiger partial charge on any atom is 0.143 e. The zero-order chi connectivity index (χ0) is 40.0. The first-order valence-electron chi connectivity index (χ1n) is 21.1. The van der Waals surface area contributed by atoms with E-state index in [4.69, 9.17) is 4.42 Å². The minimum absolute atomic E-state index is 0.918. The first-order valence-corrected chi connectivity index (χ1v) is 21.1. The van der Waals surface area contributed by atoms with Crippen molar-refractivity contribution < 1.29 is 4.42 Å². The summed E-state index contributed by atoms with van der Waals surface area (Å²) in [7, 11) is 0. The van der Waals surface area contributed by atoms with Crippen molar-refractivity contribution in [1.82, 2.24) is 0 Å². The van der Waals surface area contributed by atoms with Crippen molar-refractivity contribution in [1.29, 1.82) is 0 Å². The topological polar surface area (TPSA) is 13.1 Å². The van der Waals surface area contributed by atoms with Crippen LogP contribution in [-0.4, -0.2) is 0 Å². The second-order valence-corrected chi connectivity index (χ2v) is 16.3. The minimum atomic E-state index is 0.918. The Hall–Kier alpha value is -8.00. The van der Waals surface area contributed by atoms with E-state index in [1.807, 2.05) is 0 Å². The lowest BCUT2D eigenvalue weighted by molar-refractivity contribution is 0.673. The van der Waals surface area contributed by atoms with Crippen LogP contribution in [0, 0.1) is 0 Å². The van der Waals surface area contributed by atoms with E-state index in [9.17, 15) is 0 Å². The Morgan fingerprint density at radius 2 is 0.738 bits per heavy atom. The van der Waals surface area contributed by atoms with Gasteiger partial charge in [0.15, 0.2) is 0 Å². The highest BCUT2D eigenvalue weighted by atomic mass is 16.3. The molecule has 0 fully saturated rings. The molecule has 0 atom stereocenters. The van der Waals surface area contributed by atoms with Gasteiger partial charge < -0.3 is 4.42 Å². The van der Waals surface area contributed by atoms with Gasteiger partial charge >= 0.3 is 0 Å². The first kappa shape index (κ1) is 33.9. The number of benzene rings is 12. The van der Waals surface area contributed by atoms with Gasteiger partial charge in [-0.1, -0.05) is 194 Å². The third-order valence-electron chi connectivity index (χ3n) is 13.0. The zero-order valence-electron chi connectivity index (χ0n) is 33.2. The molecule has 12 aromatic carbocycles. The van der Waals surface area contributed by atoms with E-state index in [1.54, 1.807) is 0 Å². The van der Waals surface area contributed by atoms with Crippen molar-refractivity contribution in [3.05, 3.63) is 218 Å². The van der Waals surface area contributed by atoms with Gasteiger partial charge in [-0.05, 0) is 128 Å². The molecule has 0 aliphatic carbocycles. The van der Waals surface area contributed by atoms with Gasteiger partial charge in [0.2, 0.25) is 0 Å². The van der Waals surface area contributed by atoms with Crippen LogP contribution in [0.25, 0.3) is 131 Å². The normalized spacial score (nSPS) is 11.9. The maximum absolute atomic E-state index is 6.86. The van der Waals surface area contributed by atoms with Gasteiger partial charge in [0, 0.05) is 16.2 Å². The molecule has 13 rings (SSSR count). The van der Waals surface area contributed by atoms with Crippen LogP contribution in [0.1, 0.15) is 0 Å². The van der Waals surface area contributed by atoms with Crippen molar-refractivity contribution in [2.24, 2.45) is 0 Å². The molecule has 0 amide bonds. The molecule has 0 aliphatic heterocycles. The summed E-state index contributed by atoms with van der Waals surface area (Å²) in [5.41, 5.74) is 11.6. The predicted octanol–water partition coefficient (Wildman–Crippen LogP) is 17.2. The molecule has 61 heavy (non-hydrogen) atoms. The van der Waals surface area contributed by atoms with Gasteiger partial charge in [0.05, 0.1) is 0 Å². The third kappa shape index (κ3) is 5.21. The van der Waals surface area contributed by atoms with Crippen molar-refractivity contribution >= 4 is 86.6 Å². The summed E-state index contributed by atoms with van der Waals surface area (Å²) in [6, 6.07) is 80.0. The average Bonchev–Trinajstić information content (AvgIpc) is 3.71. The summed E-state index contributed by atoms with van der Waals surface area (Å²) in [5.74, 6) is 0. The second-order valence-electron chi connectivity index (χ2n) is 16.3. The van der Waals surface area contributed by atoms with E-state index >= 15 is 0 Å². The van der Waals surface area contributed by atoms with Crippen LogP contribution in [0.2, 0.25) is 0 Å². The molecule has 1 nitrogen and oxygen atoms in total. The highest BCUT2D eigenvalue weighted by Gasteiger charge is 2.20. The Bertz CT molecular complexity index is 3860. The van der Waals surface area contributed by atoms with E-state index < -0.39 is 0 Å². The molecule has 0 aliphatic rings. The van der Waals surface area contributed by atoms with Crippen molar-refractivity contribution in [2.45, 2.75) is 0 Å². The van der Waals surface area contributed by atoms with Gasteiger partial charge in [-0.3, -0.25) is 0 Å². The fourth-order valence-corrected chi connectivity index (χ4v) is 10.2. The minimum Gasteiger partial charge on any atom is -0.455 e. The van der Waals surface area contributed by atoms with Crippen molar-refractivity contribution in [2.75, 3.05) is 0 Å². The van der Waals surface area contributed by atoms with E-state index in [0.29, 0.717) is 0 Å².